The molecule has 0 aliphatic carbocycles. The average Bonchev–Trinajstić information content (AvgIpc) is 3.12. The Hall–Kier alpha value is -2.48. The molecule has 0 bridgehead atoms. The minimum Gasteiger partial charge on any atom is -0.444 e. The SMILES string of the molecule is Cc1ccc(-c2noc(C(C)N3CCN(C(=O)OC(C)(C)C)CC3)n2)cc1F. The fourth-order valence-electron chi connectivity index (χ4n) is 3.03. The van der Waals surface area contributed by atoms with Crippen LogP contribution in [-0.4, -0.2) is 57.8 Å². The molecule has 1 aromatic carbocycles. The third-order valence-electron chi connectivity index (χ3n) is 4.74. The van der Waals surface area contributed by atoms with Gasteiger partial charge in [-0.15, -0.1) is 0 Å². The van der Waals surface area contributed by atoms with Crippen LogP contribution in [0.4, 0.5) is 9.18 Å². The van der Waals surface area contributed by atoms with Crippen LogP contribution >= 0.6 is 0 Å². The smallest absolute Gasteiger partial charge is 0.410 e. The number of carbonyl (C=O) groups excluding carboxylic acids is 1. The highest BCUT2D eigenvalue weighted by molar-refractivity contribution is 5.68. The van der Waals surface area contributed by atoms with Crippen LogP contribution in [0.5, 0.6) is 0 Å². The maximum absolute atomic E-state index is 13.8. The van der Waals surface area contributed by atoms with E-state index in [2.05, 4.69) is 15.0 Å². The molecule has 2 aromatic rings. The Morgan fingerprint density at radius 3 is 2.54 bits per heavy atom. The van der Waals surface area contributed by atoms with Crippen LogP contribution < -0.4 is 0 Å². The van der Waals surface area contributed by atoms with Crippen molar-refractivity contribution in [1.82, 2.24) is 19.9 Å². The molecule has 152 valence electrons. The van der Waals surface area contributed by atoms with Crippen LogP contribution in [-0.2, 0) is 4.74 Å². The highest BCUT2D eigenvalue weighted by atomic mass is 19.1. The Kier molecular flexibility index (Phi) is 5.69. The Morgan fingerprint density at radius 2 is 1.93 bits per heavy atom. The molecule has 1 atom stereocenters. The van der Waals surface area contributed by atoms with Crippen molar-refractivity contribution in [1.29, 1.82) is 0 Å². The molecule has 0 saturated carbocycles. The molecule has 0 radical (unpaired) electrons. The lowest BCUT2D eigenvalue weighted by molar-refractivity contribution is 0.00957. The molecule has 1 amide bonds. The number of hydrogen-bond donors (Lipinski definition) is 0. The number of aryl methyl sites for hydroxylation is 1. The maximum atomic E-state index is 13.8. The van der Waals surface area contributed by atoms with E-state index in [1.165, 1.54) is 6.07 Å². The highest BCUT2D eigenvalue weighted by Crippen LogP contribution is 2.25. The van der Waals surface area contributed by atoms with Gasteiger partial charge in [-0.05, 0) is 46.2 Å². The summed E-state index contributed by atoms with van der Waals surface area (Å²) in [6, 6.07) is 4.78. The van der Waals surface area contributed by atoms with Gasteiger partial charge in [-0.1, -0.05) is 17.3 Å². The van der Waals surface area contributed by atoms with Crippen LogP contribution in [0, 0.1) is 12.7 Å². The second-order valence-corrected chi connectivity index (χ2v) is 8.10. The molecule has 7 nitrogen and oxygen atoms in total. The summed E-state index contributed by atoms with van der Waals surface area (Å²) in [6.07, 6.45) is -0.290. The topological polar surface area (TPSA) is 71.7 Å². The summed E-state index contributed by atoms with van der Waals surface area (Å²) in [5, 5.41) is 3.99. The van der Waals surface area contributed by atoms with E-state index in [9.17, 15) is 9.18 Å². The Morgan fingerprint density at radius 1 is 1.25 bits per heavy atom. The van der Waals surface area contributed by atoms with Gasteiger partial charge in [-0.25, -0.2) is 9.18 Å². The quantitative estimate of drug-likeness (QED) is 0.794. The van der Waals surface area contributed by atoms with E-state index in [1.54, 1.807) is 24.0 Å². The number of carbonyl (C=O) groups is 1. The van der Waals surface area contributed by atoms with Crippen molar-refractivity contribution in [2.24, 2.45) is 0 Å². The third-order valence-corrected chi connectivity index (χ3v) is 4.74. The van der Waals surface area contributed by atoms with Gasteiger partial charge >= 0.3 is 6.09 Å². The van der Waals surface area contributed by atoms with Gasteiger partial charge in [0.15, 0.2) is 0 Å². The molecule has 28 heavy (non-hydrogen) atoms. The van der Waals surface area contributed by atoms with Gasteiger partial charge in [0, 0.05) is 31.7 Å². The molecule has 1 saturated heterocycles. The first-order valence-corrected chi connectivity index (χ1v) is 9.46. The molecule has 0 spiro atoms. The lowest BCUT2D eigenvalue weighted by atomic mass is 10.1. The van der Waals surface area contributed by atoms with Crippen LogP contribution in [0.1, 0.15) is 45.2 Å². The van der Waals surface area contributed by atoms with Crippen LogP contribution in [0.25, 0.3) is 11.4 Å². The van der Waals surface area contributed by atoms with Gasteiger partial charge in [-0.3, -0.25) is 4.90 Å². The van der Waals surface area contributed by atoms with E-state index >= 15 is 0 Å². The molecule has 2 heterocycles. The van der Waals surface area contributed by atoms with Crippen LogP contribution in [0.15, 0.2) is 22.7 Å². The predicted molar refractivity (Wildman–Crippen MR) is 102 cm³/mol. The lowest BCUT2D eigenvalue weighted by Crippen LogP contribution is -2.50. The first kappa shape index (κ1) is 20.3. The lowest BCUT2D eigenvalue weighted by Gasteiger charge is -2.37. The summed E-state index contributed by atoms with van der Waals surface area (Å²) in [6.45, 7) is 11.8. The zero-order valence-corrected chi connectivity index (χ0v) is 17.0. The standard InChI is InChI=1S/C20H27FN4O3/c1-13-6-7-15(12-16(13)21)17-22-18(28-23-17)14(2)24-8-10-25(11-9-24)19(26)27-20(3,4)5/h6-7,12,14H,8-11H2,1-5H3. The normalized spacial score (nSPS) is 16.9. The van der Waals surface area contributed by atoms with E-state index in [4.69, 9.17) is 9.26 Å². The molecule has 1 aliphatic heterocycles. The number of nitrogens with zero attached hydrogens (tertiary/aromatic N) is 4. The summed E-state index contributed by atoms with van der Waals surface area (Å²) in [4.78, 5) is 20.5. The van der Waals surface area contributed by atoms with E-state index in [1.807, 2.05) is 27.7 Å². The summed E-state index contributed by atoms with van der Waals surface area (Å²) in [5.41, 5.74) is 0.653. The number of halogens is 1. The second-order valence-electron chi connectivity index (χ2n) is 8.10. The third kappa shape index (κ3) is 4.67. The van der Waals surface area contributed by atoms with Gasteiger partial charge in [0.2, 0.25) is 11.7 Å². The van der Waals surface area contributed by atoms with E-state index in [0.717, 1.165) is 0 Å². The largest absolute Gasteiger partial charge is 0.444 e. The summed E-state index contributed by atoms with van der Waals surface area (Å²) in [5.74, 6) is 0.546. The van der Waals surface area contributed by atoms with E-state index < -0.39 is 5.60 Å². The molecule has 1 fully saturated rings. The van der Waals surface area contributed by atoms with Crippen molar-refractivity contribution in [2.45, 2.75) is 46.3 Å². The molecule has 0 N–H and O–H groups in total. The van der Waals surface area contributed by atoms with E-state index in [0.29, 0.717) is 49.0 Å². The fourth-order valence-corrected chi connectivity index (χ4v) is 3.03. The summed E-state index contributed by atoms with van der Waals surface area (Å²) >= 11 is 0. The molecule has 8 heteroatoms. The Balaban J connectivity index is 1.61. The van der Waals surface area contributed by atoms with Crippen molar-refractivity contribution in [2.75, 3.05) is 26.2 Å². The zero-order valence-electron chi connectivity index (χ0n) is 17.0. The van der Waals surface area contributed by atoms with Gasteiger partial charge in [0.05, 0.1) is 6.04 Å². The molecular formula is C20H27FN4O3. The van der Waals surface area contributed by atoms with Gasteiger partial charge in [-0.2, -0.15) is 4.98 Å². The minimum absolute atomic E-state index is 0.0997. The highest BCUT2D eigenvalue weighted by Gasteiger charge is 2.30. The number of rotatable bonds is 3. The predicted octanol–water partition coefficient (Wildman–Crippen LogP) is 3.80. The number of aromatic nitrogens is 2. The first-order chi connectivity index (χ1) is 13.1. The van der Waals surface area contributed by atoms with Crippen molar-refractivity contribution in [3.63, 3.8) is 0 Å². The Bertz CT molecular complexity index is 838. The van der Waals surface area contributed by atoms with E-state index in [-0.39, 0.29) is 18.0 Å². The maximum Gasteiger partial charge on any atom is 0.410 e. The number of amides is 1. The minimum atomic E-state index is -0.503. The van der Waals surface area contributed by atoms with Gasteiger partial charge < -0.3 is 14.2 Å². The average molecular weight is 390 g/mol. The van der Waals surface area contributed by atoms with Crippen molar-refractivity contribution in [3.8, 4) is 11.4 Å². The molecule has 1 unspecified atom stereocenters. The number of hydrogen-bond acceptors (Lipinski definition) is 6. The van der Waals surface area contributed by atoms with Crippen molar-refractivity contribution >= 4 is 6.09 Å². The van der Waals surface area contributed by atoms with Crippen molar-refractivity contribution < 1.29 is 18.4 Å². The number of ether oxygens (including phenoxy) is 1. The zero-order chi connectivity index (χ0) is 20.5. The summed E-state index contributed by atoms with van der Waals surface area (Å²) < 4.78 is 24.6. The van der Waals surface area contributed by atoms with Gasteiger partial charge in [0.25, 0.3) is 0 Å². The second kappa shape index (κ2) is 7.87. The van der Waals surface area contributed by atoms with Gasteiger partial charge in [0.1, 0.15) is 11.4 Å². The molecular weight excluding hydrogens is 363 g/mol. The van der Waals surface area contributed by atoms with Crippen molar-refractivity contribution in [3.05, 3.63) is 35.5 Å². The van der Waals surface area contributed by atoms with Crippen LogP contribution in [0.2, 0.25) is 0 Å². The molecule has 1 aliphatic rings. The fraction of sp³-hybridized carbons (Fsp3) is 0.550. The van der Waals surface area contributed by atoms with Crippen LogP contribution in [0.3, 0.4) is 0 Å². The monoisotopic (exact) mass is 390 g/mol. The number of benzene rings is 1. The first-order valence-electron chi connectivity index (χ1n) is 9.46. The summed E-state index contributed by atoms with van der Waals surface area (Å²) in [7, 11) is 0. The molecule has 3 rings (SSSR count). The Labute approximate surface area is 164 Å². The molecule has 1 aromatic heterocycles. The number of piperazine rings is 1.